The van der Waals surface area contributed by atoms with E-state index in [1.165, 1.54) is 0 Å². The minimum atomic E-state index is 0.249. The summed E-state index contributed by atoms with van der Waals surface area (Å²) in [6.07, 6.45) is 4.07. The number of aliphatic hydroxyl groups excluding tert-OH is 1. The van der Waals surface area contributed by atoms with E-state index in [1.807, 2.05) is 6.92 Å². The van der Waals surface area contributed by atoms with E-state index in [4.69, 9.17) is 9.84 Å². The molecule has 0 aromatic carbocycles. The van der Waals surface area contributed by atoms with Crippen LogP contribution in [0.1, 0.15) is 46.5 Å². The first-order valence-electron chi connectivity index (χ1n) is 7.99. The lowest BCUT2D eigenvalue weighted by molar-refractivity contribution is 0.145. The Morgan fingerprint density at radius 3 is 2.60 bits per heavy atom. The minimum absolute atomic E-state index is 0.249. The number of ether oxygens (including phenoxy) is 1. The first-order valence-corrected chi connectivity index (χ1v) is 7.99. The minimum Gasteiger partial charge on any atom is -0.396 e. The molecular formula is C15H33N3O2. The average Bonchev–Trinajstić information content (AvgIpc) is 2.44. The zero-order valence-corrected chi connectivity index (χ0v) is 13.5. The van der Waals surface area contributed by atoms with E-state index in [1.54, 1.807) is 0 Å². The van der Waals surface area contributed by atoms with Crippen LogP contribution in [0, 0.1) is 5.92 Å². The van der Waals surface area contributed by atoms with Gasteiger partial charge >= 0.3 is 0 Å². The molecule has 0 aromatic rings. The van der Waals surface area contributed by atoms with Crippen molar-refractivity contribution in [2.24, 2.45) is 10.9 Å². The predicted molar refractivity (Wildman–Crippen MR) is 85.2 cm³/mol. The van der Waals surface area contributed by atoms with Crippen LogP contribution in [-0.2, 0) is 4.74 Å². The van der Waals surface area contributed by atoms with Crippen LogP contribution in [0.25, 0.3) is 0 Å². The maximum atomic E-state index is 9.06. The number of aliphatic hydroxyl groups is 1. The molecular weight excluding hydrogens is 254 g/mol. The first-order chi connectivity index (χ1) is 9.78. The molecule has 120 valence electrons. The van der Waals surface area contributed by atoms with Gasteiger partial charge in [-0.3, -0.25) is 4.99 Å². The third-order valence-corrected chi connectivity index (χ3v) is 3.05. The zero-order chi connectivity index (χ0) is 15.1. The molecule has 0 radical (unpaired) electrons. The summed E-state index contributed by atoms with van der Waals surface area (Å²) in [6.45, 7) is 10.5. The van der Waals surface area contributed by atoms with Crippen molar-refractivity contribution in [3.8, 4) is 0 Å². The molecule has 5 heteroatoms. The third-order valence-electron chi connectivity index (χ3n) is 3.05. The van der Waals surface area contributed by atoms with E-state index >= 15 is 0 Å². The zero-order valence-electron chi connectivity index (χ0n) is 13.5. The summed E-state index contributed by atoms with van der Waals surface area (Å²) in [5.74, 6) is 1.34. The molecule has 0 amide bonds. The molecule has 0 heterocycles. The van der Waals surface area contributed by atoms with Gasteiger partial charge in [0.05, 0.1) is 0 Å². The smallest absolute Gasteiger partial charge is 0.191 e. The third kappa shape index (κ3) is 11.1. The summed E-state index contributed by atoms with van der Waals surface area (Å²) < 4.78 is 5.31. The Hall–Kier alpha value is -0.810. The van der Waals surface area contributed by atoms with Gasteiger partial charge in [-0.05, 0) is 39.0 Å². The normalized spacial score (nSPS) is 13.3. The van der Waals surface area contributed by atoms with Gasteiger partial charge < -0.3 is 20.5 Å². The van der Waals surface area contributed by atoms with Gasteiger partial charge in [-0.15, -0.1) is 0 Å². The standard InChI is InChI=1S/C15H33N3O2/c1-4-8-14(9-11-19)13-18-15(16-5-2)17-10-7-12-20-6-3/h14,19H,4-13H2,1-3H3,(H2,16,17,18). The van der Waals surface area contributed by atoms with Crippen LogP contribution in [0.15, 0.2) is 4.99 Å². The fourth-order valence-corrected chi connectivity index (χ4v) is 2.01. The molecule has 0 spiro atoms. The van der Waals surface area contributed by atoms with Crippen molar-refractivity contribution in [1.82, 2.24) is 10.6 Å². The summed E-state index contributed by atoms with van der Waals surface area (Å²) >= 11 is 0. The van der Waals surface area contributed by atoms with E-state index in [0.717, 1.165) is 64.5 Å². The van der Waals surface area contributed by atoms with Gasteiger partial charge in [0.1, 0.15) is 0 Å². The molecule has 3 N–H and O–H groups in total. The maximum Gasteiger partial charge on any atom is 0.191 e. The highest BCUT2D eigenvalue weighted by Crippen LogP contribution is 2.10. The number of aliphatic imine (C=N–C) groups is 1. The lowest BCUT2D eigenvalue weighted by atomic mass is 10.0. The fraction of sp³-hybridized carbons (Fsp3) is 0.933. The molecule has 0 aromatic heterocycles. The van der Waals surface area contributed by atoms with Crippen LogP contribution < -0.4 is 10.6 Å². The SMILES string of the molecule is CCCC(CCO)CN=C(NCC)NCCCOCC. The number of guanidine groups is 1. The van der Waals surface area contributed by atoms with E-state index < -0.39 is 0 Å². The van der Waals surface area contributed by atoms with E-state index in [2.05, 4.69) is 29.5 Å². The second-order valence-corrected chi connectivity index (χ2v) is 4.86. The molecule has 0 fully saturated rings. The summed E-state index contributed by atoms with van der Waals surface area (Å²) in [4.78, 5) is 4.61. The Morgan fingerprint density at radius 2 is 2.00 bits per heavy atom. The summed E-state index contributed by atoms with van der Waals surface area (Å²) in [5.41, 5.74) is 0. The van der Waals surface area contributed by atoms with Gasteiger partial charge in [-0.2, -0.15) is 0 Å². The van der Waals surface area contributed by atoms with E-state index in [0.29, 0.717) is 5.92 Å². The monoisotopic (exact) mass is 287 g/mol. The Bertz CT molecular complexity index is 229. The molecule has 5 nitrogen and oxygen atoms in total. The Kier molecular flexibility index (Phi) is 14.0. The maximum absolute atomic E-state index is 9.06. The summed E-state index contributed by atoms with van der Waals surface area (Å²) in [6, 6.07) is 0. The topological polar surface area (TPSA) is 65.9 Å². The number of hydrogen-bond acceptors (Lipinski definition) is 3. The lowest BCUT2D eigenvalue weighted by Gasteiger charge is -2.15. The number of rotatable bonds is 12. The highest BCUT2D eigenvalue weighted by Gasteiger charge is 2.07. The number of hydrogen-bond donors (Lipinski definition) is 3. The van der Waals surface area contributed by atoms with Crippen molar-refractivity contribution in [3.05, 3.63) is 0 Å². The molecule has 0 aliphatic carbocycles. The lowest BCUT2D eigenvalue weighted by Crippen LogP contribution is -2.38. The predicted octanol–water partition coefficient (Wildman–Crippen LogP) is 1.77. The second-order valence-electron chi connectivity index (χ2n) is 4.86. The Balaban J connectivity index is 4.08. The molecule has 0 rings (SSSR count). The van der Waals surface area contributed by atoms with Gasteiger partial charge in [-0.1, -0.05) is 13.3 Å². The highest BCUT2D eigenvalue weighted by atomic mass is 16.5. The van der Waals surface area contributed by atoms with Crippen molar-refractivity contribution in [2.75, 3.05) is 39.5 Å². The van der Waals surface area contributed by atoms with Crippen molar-refractivity contribution >= 4 is 5.96 Å². The van der Waals surface area contributed by atoms with Crippen LogP contribution in [-0.4, -0.2) is 50.5 Å². The van der Waals surface area contributed by atoms with Crippen molar-refractivity contribution in [2.45, 2.75) is 46.5 Å². The average molecular weight is 287 g/mol. The Morgan fingerprint density at radius 1 is 1.20 bits per heavy atom. The van der Waals surface area contributed by atoms with E-state index in [9.17, 15) is 0 Å². The quantitative estimate of drug-likeness (QED) is 0.291. The van der Waals surface area contributed by atoms with Crippen molar-refractivity contribution < 1.29 is 9.84 Å². The largest absolute Gasteiger partial charge is 0.396 e. The summed E-state index contributed by atoms with van der Waals surface area (Å²) in [5, 5.41) is 15.6. The molecule has 20 heavy (non-hydrogen) atoms. The van der Waals surface area contributed by atoms with Crippen LogP contribution in [0.3, 0.4) is 0 Å². The second kappa shape index (κ2) is 14.6. The van der Waals surface area contributed by atoms with E-state index in [-0.39, 0.29) is 6.61 Å². The van der Waals surface area contributed by atoms with Gasteiger partial charge in [-0.25, -0.2) is 0 Å². The van der Waals surface area contributed by atoms with Crippen LogP contribution in [0.5, 0.6) is 0 Å². The van der Waals surface area contributed by atoms with Gasteiger partial charge in [0.15, 0.2) is 5.96 Å². The van der Waals surface area contributed by atoms with Crippen molar-refractivity contribution in [1.29, 1.82) is 0 Å². The molecule has 0 bridgehead atoms. The molecule has 0 saturated carbocycles. The number of nitrogens with zero attached hydrogens (tertiary/aromatic N) is 1. The fourth-order valence-electron chi connectivity index (χ4n) is 2.01. The highest BCUT2D eigenvalue weighted by molar-refractivity contribution is 5.79. The van der Waals surface area contributed by atoms with Crippen molar-refractivity contribution in [3.63, 3.8) is 0 Å². The first kappa shape index (κ1) is 19.2. The molecule has 1 atom stereocenters. The van der Waals surface area contributed by atoms with Crippen LogP contribution >= 0.6 is 0 Å². The summed E-state index contributed by atoms with van der Waals surface area (Å²) in [7, 11) is 0. The Labute approximate surface area is 124 Å². The van der Waals surface area contributed by atoms with Crippen LogP contribution in [0.2, 0.25) is 0 Å². The van der Waals surface area contributed by atoms with Gasteiger partial charge in [0, 0.05) is 39.5 Å². The van der Waals surface area contributed by atoms with Gasteiger partial charge in [0.2, 0.25) is 0 Å². The number of nitrogens with one attached hydrogen (secondary N) is 2. The molecule has 0 aliphatic heterocycles. The molecule has 1 unspecified atom stereocenters. The molecule has 0 aliphatic rings. The van der Waals surface area contributed by atoms with Gasteiger partial charge in [0.25, 0.3) is 0 Å². The van der Waals surface area contributed by atoms with Crippen LogP contribution in [0.4, 0.5) is 0 Å². The molecule has 0 saturated heterocycles.